The Morgan fingerprint density at radius 3 is 3.00 bits per heavy atom. The Morgan fingerprint density at radius 2 is 2.08 bits per heavy atom. The zero-order chi connectivity index (χ0) is 15.9. The van der Waals surface area contributed by atoms with Gasteiger partial charge < -0.3 is 4.52 Å². The van der Waals surface area contributed by atoms with Crippen LogP contribution in [0.3, 0.4) is 0 Å². The molecule has 3 atom stereocenters. The Kier molecular flexibility index (Phi) is 3.17. The van der Waals surface area contributed by atoms with E-state index in [0.29, 0.717) is 24.2 Å². The molecule has 3 unspecified atom stereocenters. The second kappa shape index (κ2) is 5.51. The molecule has 7 nitrogen and oxygen atoms in total. The molecule has 2 aliphatic carbocycles. The van der Waals surface area contributed by atoms with Crippen LogP contribution in [0.2, 0.25) is 0 Å². The van der Waals surface area contributed by atoms with E-state index in [-0.39, 0.29) is 0 Å². The molecule has 0 N–H and O–H groups in total. The van der Waals surface area contributed by atoms with Gasteiger partial charge in [-0.05, 0) is 35.1 Å². The predicted octanol–water partition coefficient (Wildman–Crippen LogP) is 2.68. The minimum Gasteiger partial charge on any atom is -0.337 e. The summed E-state index contributed by atoms with van der Waals surface area (Å²) in [4.78, 5) is 4.63. The van der Waals surface area contributed by atoms with Gasteiger partial charge in [-0.15, -0.1) is 5.10 Å². The monoisotopic (exact) mass is 322 g/mol. The second-order valence-corrected chi connectivity index (χ2v) is 6.77. The molecule has 1 aromatic carbocycles. The molecule has 3 aromatic rings. The molecule has 2 saturated carbocycles. The van der Waals surface area contributed by atoms with Crippen molar-refractivity contribution in [3.63, 3.8) is 0 Å². The lowest BCUT2D eigenvalue weighted by molar-refractivity contribution is 0.345. The lowest BCUT2D eigenvalue weighted by Crippen LogP contribution is -2.10. The molecule has 24 heavy (non-hydrogen) atoms. The molecular weight excluding hydrogens is 304 g/mol. The standard InChI is InChI=1S/C17H18N6O/c1-2-5-11(6-3-1)17-19-21-22-23(17)10-15-18-16(20-24-15)13-8-4-7-12-9-14(12)13/h1-3,5-6,12-14H,4,7-10H2. The summed E-state index contributed by atoms with van der Waals surface area (Å²) in [5, 5.41) is 16.2. The van der Waals surface area contributed by atoms with Crippen LogP contribution in [0.15, 0.2) is 34.9 Å². The van der Waals surface area contributed by atoms with Gasteiger partial charge in [0.25, 0.3) is 0 Å². The summed E-state index contributed by atoms with van der Waals surface area (Å²) in [6, 6.07) is 9.87. The van der Waals surface area contributed by atoms with Crippen LogP contribution in [-0.2, 0) is 6.54 Å². The summed E-state index contributed by atoms with van der Waals surface area (Å²) in [5.74, 6) is 4.29. The van der Waals surface area contributed by atoms with Crippen molar-refractivity contribution in [3.8, 4) is 11.4 Å². The minimum absolute atomic E-state index is 0.394. The predicted molar refractivity (Wildman–Crippen MR) is 84.8 cm³/mol. The third kappa shape index (κ3) is 2.40. The zero-order valence-electron chi connectivity index (χ0n) is 13.2. The molecule has 0 bridgehead atoms. The maximum atomic E-state index is 5.47. The molecule has 0 saturated heterocycles. The SMILES string of the molecule is c1ccc(-c2nnnn2Cc2nc(C3CCCC4CC43)no2)cc1. The number of tetrazole rings is 1. The number of hydrogen-bond donors (Lipinski definition) is 0. The number of fused-ring (bicyclic) bond motifs is 1. The third-order valence-corrected chi connectivity index (χ3v) is 5.25. The maximum absolute atomic E-state index is 5.47. The first-order chi connectivity index (χ1) is 11.9. The Labute approximate surface area is 139 Å². The Balaban J connectivity index is 1.37. The lowest BCUT2D eigenvalue weighted by atomic mass is 9.88. The molecule has 122 valence electrons. The molecule has 5 rings (SSSR count). The van der Waals surface area contributed by atoms with Crippen LogP contribution in [0, 0.1) is 11.8 Å². The molecule has 2 aliphatic rings. The Morgan fingerprint density at radius 1 is 1.17 bits per heavy atom. The van der Waals surface area contributed by atoms with E-state index in [1.54, 1.807) is 4.68 Å². The first-order valence-electron chi connectivity index (χ1n) is 8.52. The fourth-order valence-electron chi connectivity index (χ4n) is 3.95. The molecule has 7 heteroatoms. The van der Waals surface area contributed by atoms with Gasteiger partial charge in [-0.25, -0.2) is 4.68 Å². The van der Waals surface area contributed by atoms with Crippen LogP contribution in [0.4, 0.5) is 0 Å². The Bertz CT molecular complexity index is 842. The van der Waals surface area contributed by atoms with Crippen LogP contribution in [0.25, 0.3) is 11.4 Å². The van der Waals surface area contributed by atoms with Crippen molar-refractivity contribution in [1.29, 1.82) is 0 Å². The highest BCUT2D eigenvalue weighted by Gasteiger charge is 2.47. The van der Waals surface area contributed by atoms with Gasteiger partial charge in [0.05, 0.1) is 0 Å². The summed E-state index contributed by atoms with van der Waals surface area (Å²) in [5.41, 5.74) is 0.968. The molecule has 0 amide bonds. The molecular formula is C17H18N6O. The van der Waals surface area contributed by atoms with Crippen molar-refractivity contribution in [1.82, 2.24) is 30.3 Å². The minimum atomic E-state index is 0.394. The summed E-state index contributed by atoms with van der Waals surface area (Å²) in [7, 11) is 0. The van der Waals surface area contributed by atoms with E-state index in [9.17, 15) is 0 Å². The highest BCUT2D eigenvalue weighted by Crippen LogP contribution is 2.55. The lowest BCUT2D eigenvalue weighted by Gasteiger charge is -2.17. The average Bonchev–Trinajstić information content (AvgIpc) is 3.05. The number of nitrogens with zero attached hydrogens (tertiary/aromatic N) is 6. The van der Waals surface area contributed by atoms with Crippen LogP contribution in [0.1, 0.15) is 43.3 Å². The van der Waals surface area contributed by atoms with Gasteiger partial charge in [0.15, 0.2) is 11.6 Å². The third-order valence-electron chi connectivity index (χ3n) is 5.25. The smallest absolute Gasteiger partial charge is 0.248 e. The largest absolute Gasteiger partial charge is 0.337 e. The van der Waals surface area contributed by atoms with E-state index >= 15 is 0 Å². The van der Waals surface area contributed by atoms with Gasteiger partial charge in [-0.1, -0.05) is 48.3 Å². The molecule has 2 aromatic heterocycles. The van der Waals surface area contributed by atoms with Gasteiger partial charge in [-0.2, -0.15) is 4.98 Å². The van der Waals surface area contributed by atoms with Crippen LogP contribution in [-0.4, -0.2) is 30.3 Å². The van der Waals surface area contributed by atoms with E-state index < -0.39 is 0 Å². The van der Waals surface area contributed by atoms with Gasteiger partial charge in [0.1, 0.15) is 6.54 Å². The molecule has 2 fully saturated rings. The number of rotatable bonds is 4. The van der Waals surface area contributed by atoms with Gasteiger partial charge >= 0.3 is 0 Å². The normalized spacial score (nSPS) is 25.4. The molecule has 0 spiro atoms. The topological polar surface area (TPSA) is 82.5 Å². The van der Waals surface area contributed by atoms with Crippen molar-refractivity contribution < 1.29 is 4.52 Å². The molecule has 0 radical (unpaired) electrons. The van der Waals surface area contributed by atoms with E-state index in [4.69, 9.17) is 4.52 Å². The fraction of sp³-hybridized carbons (Fsp3) is 0.471. The van der Waals surface area contributed by atoms with Gasteiger partial charge in [-0.3, -0.25) is 0 Å². The van der Waals surface area contributed by atoms with Crippen molar-refractivity contribution in [2.75, 3.05) is 0 Å². The summed E-state index contributed by atoms with van der Waals surface area (Å²) in [6.07, 6.45) is 5.16. The highest BCUT2D eigenvalue weighted by atomic mass is 16.5. The van der Waals surface area contributed by atoms with E-state index in [1.165, 1.54) is 25.7 Å². The summed E-state index contributed by atoms with van der Waals surface area (Å²) < 4.78 is 7.17. The first kappa shape index (κ1) is 13.8. The van der Waals surface area contributed by atoms with Gasteiger partial charge in [0.2, 0.25) is 5.89 Å². The first-order valence-corrected chi connectivity index (χ1v) is 8.52. The van der Waals surface area contributed by atoms with Crippen molar-refractivity contribution >= 4 is 0 Å². The van der Waals surface area contributed by atoms with Crippen LogP contribution in [0.5, 0.6) is 0 Å². The number of aromatic nitrogens is 6. The summed E-state index contributed by atoms with van der Waals surface area (Å²) in [6.45, 7) is 0.394. The van der Waals surface area contributed by atoms with E-state index in [1.807, 2.05) is 30.3 Å². The maximum Gasteiger partial charge on any atom is 0.248 e. The number of hydrogen-bond acceptors (Lipinski definition) is 6. The van der Waals surface area contributed by atoms with E-state index in [0.717, 1.165) is 23.2 Å². The quantitative estimate of drug-likeness (QED) is 0.734. The van der Waals surface area contributed by atoms with Crippen molar-refractivity contribution in [2.45, 2.75) is 38.1 Å². The van der Waals surface area contributed by atoms with Gasteiger partial charge in [0, 0.05) is 11.5 Å². The van der Waals surface area contributed by atoms with Crippen LogP contribution >= 0.6 is 0 Å². The summed E-state index contributed by atoms with van der Waals surface area (Å²) >= 11 is 0. The molecule has 2 heterocycles. The molecule has 0 aliphatic heterocycles. The van der Waals surface area contributed by atoms with Crippen molar-refractivity contribution in [3.05, 3.63) is 42.0 Å². The average molecular weight is 322 g/mol. The second-order valence-electron chi connectivity index (χ2n) is 6.77. The van der Waals surface area contributed by atoms with E-state index in [2.05, 4.69) is 25.7 Å². The van der Waals surface area contributed by atoms with Crippen molar-refractivity contribution in [2.24, 2.45) is 11.8 Å². The Hall–Kier alpha value is -2.57. The highest BCUT2D eigenvalue weighted by molar-refractivity contribution is 5.53. The number of benzene rings is 1. The fourth-order valence-corrected chi connectivity index (χ4v) is 3.95. The zero-order valence-corrected chi connectivity index (χ0v) is 13.2. The van der Waals surface area contributed by atoms with Crippen LogP contribution < -0.4 is 0 Å².